The van der Waals surface area contributed by atoms with Crippen LogP contribution in [0.5, 0.6) is 17.2 Å². The van der Waals surface area contributed by atoms with Crippen molar-refractivity contribution in [1.82, 2.24) is 14.9 Å². The molecule has 5 N–H and O–H groups in total. The molecule has 1 aromatic carbocycles. The lowest BCUT2D eigenvalue weighted by Crippen LogP contribution is -2.34. The van der Waals surface area contributed by atoms with Gasteiger partial charge in [-0.3, -0.25) is 14.7 Å². The van der Waals surface area contributed by atoms with E-state index in [0.29, 0.717) is 37.2 Å². The van der Waals surface area contributed by atoms with Gasteiger partial charge in [0.1, 0.15) is 5.75 Å². The highest BCUT2D eigenvalue weighted by Gasteiger charge is 2.21. The Kier molecular flexibility index (Phi) is 3.63. The Labute approximate surface area is 130 Å². The lowest BCUT2D eigenvalue weighted by atomic mass is 10.1. The summed E-state index contributed by atoms with van der Waals surface area (Å²) in [6.45, 7) is 1.51. The van der Waals surface area contributed by atoms with Gasteiger partial charge in [0.15, 0.2) is 16.3 Å². The molecule has 0 saturated carbocycles. The third-order valence-corrected chi connectivity index (χ3v) is 3.96. The third kappa shape index (κ3) is 2.70. The largest absolute Gasteiger partial charge is 0.507 e. The Balaban J connectivity index is 1.85. The summed E-state index contributed by atoms with van der Waals surface area (Å²) in [4.78, 5) is 19.4. The van der Waals surface area contributed by atoms with E-state index in [1.807, 2.05) is 4.90 Å². The molecule has 0 aliphatic carbocycles. The molecule has 22 heavy (non-hydrogen) atoms. The Morgan fingerprint density at radius 1 is 1.14 bits per heavy atom. The number of phenols is 3. The summed E-state index contributed by atoms with van der Waals surface area (Å²) in [7, 11) is 0. The number of aromatic nitrogens is 2. The molecule has 116 valence electrons. The van der Waals surface area contributed by atoms with Gasteiger partial charge < -0.3 is 20.3 Å². The molecule has 3 rings (SSSR count). The van der Waals surface area contributed by atoms with E-state index in [1.54, 1.807) is 0 Å². The Hall–Kier alpha value is -2.32. The van der Waals surface area contributed by atoms with E-state index < -0.39 is 0 Å². The van der Waals surface area contributed by atoms with Crippen LogP contribution in [0.2, 0.25) is 0 Å². The Bertz CT molecular complexity index is 843. The van der Waals surface area contributed by atoms with Gasteiger partial charge in [0.2, 0.25) is 0 Å². The summed E-state index contributed by atoms with van der Waals surface area (Å²) in [5, 5.41) is 28.7. The van der Waals surface area contributed by atoms with Gasteiger partial charge in [-0.15, -0.1) is 0 Å². The molecule has 0 bridgehead atoms. The molecule has 0 spiro atoms. The molecule has 0 fully saturated rings. The summed E-state index contributed by atoms with van der Waals surface area (Å²) in [5.74, 6) is -0.720. The minimum atomic E-state index is -0.360. The maximum atomic E-state index is 11.8. The molecule has 7 nitrogen and oxygen atoms in total. The first-order valence-corrected chi connectivity index (χ1v) is 7.15. The van der Waals surface area contributed by atoms with Crippen LogP contribution in [-0.2, 0) is 19.5 Å². The first kappa shape index (κ1) is 14.6. The fourth-order valence-corrected chi connectivity index (χ4v) is 2.86. The summed E-state index contributed by atoms with van der Waals surface area (Å²) >= 11 is 4.98. The van der Waals surface area contributed by atoms with Gasteiger partial charge in [-0.2, -0.15) is 0 Å². The van der Waals surface area contributed by atoms with Gasteiger partial charge in [0, 0.05) is 42.5 Å². The Morgan fingerprint density at radius 2 is 1.86 bits per heavy atom. The minimum Gasteiger partial charge on any atom is -0.507 e. The fraction of sp³-hybridized carbons (Fsp3) is 0.286. The molecule has 1 aliphatic rings. The van der Waals surface area contributed by atoms with E-state index in [1.165, 1.54) is 6.07 Å². The van der Waals surface area contributed by atoms with Crippen molar-refractivity contribution < 1.29 is 15.3 Å². The van der Waals surface area contributed by atoms with Crippen molar-refractivity contribution in [2.24, 2.45) is 0 Å². The van der Waals surface area contributed by atoms with Crippen molar-refractivity contribution in [1.29, 1.82) is 0 Å². The molecule has 0 saturated heterocycles. The molecule has 0 radical (unpaired) electrons. The normalized spacial score (nSPS) is 14.7. The van der Waals surface area contributed by atoms with Crippen LogP contribution < -0.4 is 5.56 Å². The lowest BCUT2D eigenvalue weighted by Gasteiger charge is -2.28. The molecule has 2 aromatic rings. The van der Waals surface area contributed by atoms with E-state index in [2.05, 4.69) is 9.97 Å². The maximum absolute atomic E-state index is 11.8. The zero-order chi connectivity index (χ0) is 15.9. The number of aromatic hydroxyl groups is 3. The van der Waals surface area contributed by atoms with E-state index in [0.717, 1.165) is 11.8 Å². The van der Waals surface area contributed by atoms with Gasteiger partial charge in [-0.1, -0.05) is 0 Å². The molecular formula is C14H15N3O4S. The fourth-order valence-electron chi connectivity index (χ4n) is 2.64. The first-order valence-electron chi connectivity index (χ1n) is 6.74. The van der Waals surface area contributed by atoms with Crippen LogP contribution in [0.3, 0.4) is 0 Å². The maximum Gasteiger partial charge on any atom is 0.255 e. The van der Waals surface area contributed by atoms with E-state index in [-0.39, 0.29) is 27.6 Å². The monoisotopic (exact) mass is 321 g/mol. The molecule has 1 aliphatic heterocycles. The number of phenolic OH excluding ortho intramolecular Hbond substituents is 3. The van der Waals surface area contributed by atoms with Gasteiger partial charge >= 0.3 is 0 Å². The number of aromatic amines is 2. The summed E-state index contributed by atoms with van der Waals surface area (Å²) in [6, 6.07) is 2.45. The number of fused-ring (bicyclic) bond motifs is 1. The van der Waals surface area contributed by atoms with Crippen molar-refractivity contribution in [3.8, 4) is 17.2 Å². The zero-order valence-corrected chi connectivity index (χ0v) is 12.4. The van der Waals surface area contributed by atoms with Gasteiger partial charge in [0.25, 0.3) is 5.56 Å². The standard InChI is InChI=1S/C14H15N3O4S/c18-10-4-12(20)11(19)3-7(10)5-17-2-1-8-9(6-17)15-14(22)16-13(8)21/h3-4,18-20H,1-2,5-6H2,(H2,15,16,21,22). The van der Waals surface area contributed by atoms with Crippen LogP contribution in [0.4, 0.5) is 0 Å². The van der Waals surface area contributed by atoms with Crippen LogP contribution in [0, 0.1) is 4.77 Å². The number of hydrogen-bond donors (Lipinski definition) is 5. The highest BCUT2D eigenvalue weighted by molar-refractivity contribution is 7.71. The molecule has 0 amide bonds. The van der Waals surface area contributed by atoms with E-state index >= 15 is 0 Å². The average Bonchev–Trinajstić information content (AvgIpc) is 2.44. The zero-order valence-electron chi connectivity index (χ0n) is 11.6. The summed E-state index contributed by atoms with van der Waals surface area (Å²) < 4.78 is 0.288. The predicted molar refractivity (Wildman–Crippen MR) is 81.5 cm³/mol. The van der Waals surface area contributed by atoms with Crippen LogP contribution >= 0.6 is 12.2 Å². The number of hydrogen-bond acceptors (Lipinski definition) is 6. The lowest BCUT2D eigenvalue weighted by molar-refractivity contribution is 0.236. The molecule has 0 unspecified atom stereocenters. The van der Waals surface area contributed by atoms with Crippen LogP contribution in [0.1, 0.15) is 16.8 Å². The van der Waals surface area contributed by atoms with E-state index in [9.17, 15) is 20.1 Å². The SMILES string of the molecule is O=c1[nH]c(=S)[nH]c2c1CCN(Cc1cc(O)c(O)cc1O)C2. The highest BCUT2D eigenvalue weighted by atomic mass is 32.1. The quantitative estimate of drug-likeness (QED) is 0.322. The molecular weight excluding hydrogens is 306 g/mol. The number of nitrogens with zero attached hydrogens (tertiary/aromatic N) is 1. The number of H-pyrrole nitrogens is 2. The summed E-state index contributed by atoms with van der Waals surface area (Å²) in [6.07, 6.45) is 0.571. The van der Waals surface area contributed by atoms with Crippen molar-refractivity contribution >= 4 is 12.2 Å². The number of rotatable bonds is 2. The Morgan fingerprint density at radius 3 is 2.64 bits per heavy atom. The second-order valence-corrected chi connectivity index (χ2v) is 5.70. The predicted octanol–water partition coefficient (Wildman–Crippen LogP) is 1.11. The van der Waals surface area contributed by atoms with Gasteiger partial charge in [0.05, 0.1) is 0 Å². The van der Waals surface area contributed by atoms with Crippen molar-refractivity contribution in [3.05, 3.63) is 44.1 Å². The highest BCUT2D eigenvalue weighted by Crippen LogP contribution is 2.33. The van der Waals surface area contributed by atoms with Gasteiger partial charge in [-0.05, 0) is 24.7 Å². The second kappa shape index (κ2) is 5.47. The minimum absolute atomic E-state index is 0.0834. The molecule has 0 atom stereocenters. The summed E-state index contributed by atoms with van der Waals surface area (Å²) in [5.41, 5.74) is 1.80. The average molecular weight is 321 g/mol. The van der Waals surface area contributed by atoms with Gasteiger partial charge in [-0.25, -0.2) is 0 Å². The molecule has 2 heterocycles. The van der Waals surface area contributed by atoms with E-state index in [4.69, 9.17) is 12.2 Å². The van der Waals surface area contributed by atoms with Crippen molar-refractivity contribution in [3.63, 3.8) is 0 Å². The second-order valence-electron chi connectivity index (χ2n) is 5.30. The number of nitrogens with one attached hydrogen (secondary N) is 2. The molecule has 1 aromatic heterocycles. The van der Waals surface area contributed by atoms with Crippen LogP contribution in [0.25, 0.3) is 0 Å². The third-order valence-electron chi connectivity index (χ3n) is 3.76. The molecule has 8 heteroatoms. The van der Waals surface area contributed by atoms with Crippen molar-refractivity contribution in [2.45, 2.75) is 19.5 Å². The van der Waals surface area contributed by atoms with Crippen LogP contribution in [0.15, 0.2) is 16.9 Å². The first-order chi connectivity index (χ1) is 10.4. The van der Waals surface area contributed by atoms with Crippen LogP contribution in [-0.4, -0.2) is 36.7 Å². The number of benzene rings is 1. The smallest absolute Gasteiger partial charge is 0.255 e. The van der Waals surface area contributed by atoms with Crippen molar-refractivity contribution in [2.75, 3.05) is 6.54 Å². The topological polar surface area (TPSA) is 113 Å².